The molecule has 0 spiro atoms. The lowest BCUT2D eigenvalue weighted by atomic mass is 10.2. The van der Waals surface area contributed by atoms with Gasteiger partial charge in [-0.05, 0) is 24.3 Å². The van der Waals surface area contributed by atoms with Gasteiger partial charge in [-0.3, -0.25) is 9.48 Å². The summed E-state index contributed by atoms with van der Waals surface area (Å²) >= 11 is 0. The summed E-state index contributed by atoms with van der Waals surface area (Å²) in [5.41, 5.74) is 0.436. The van der Waals surface area contributed by atoms with Gasteiger partial charge in [-0.1, -0.05) is 0 Å². The summed E-state index contributed by atoms with van der Waals surface area (Å²) in [7, 11) is 1.79. The van der Waals surface area contributed by atoms with Crippen LogP contribution < -0.4 is 5.32 Å². The topological polar surface area (TPSA) is 59.8 Å². The van der Waals surface area contributed by atoms with E-state index in [1.807, 2.05) is 0 Å². The number of benzene rings is 1. The van der Waals surface area contributed by atoms with Crippen LogP contribution in [0.15, 0.2) is 30.6 Å². The van der Waals surface area contributed by atoms with Crippen LogP contribution in [0.5, 0.6) is 0 Å². The Kier molecular flexibility index (Phi) is 3.66. The van der Waals surface area contributed by atoms with Gasteiger partial charge in [0.25, 0.3) is 5.91 Å². The monoisotopic (exact) mass is 248 g/mol. The molecule has 1 heterocycles. The molecule has 1 N–H and O–H groups in total. The van der Waals surface area contributed by atoms with Gasteiger partial charge < -0.3 is 5.32 Å². The van der Waals surface area contributed by atoms with Crippen LogP contribution >= 0.6 is 0 Å². The van der Waals surface area contributed by atoms with Crippen molar-refractivity contribution in [2.75, 3.05) is 6.54 Å². The molecule has 0 saturated heterocycles. The van der Waals surface area contributed by atoms with Gasteiger partial charge in [-0.25, -0.2) is 9.37 Å². The molecular weight excluding hydrogens is 235 g/mol. The summed E-state index contributed by atoms with van der Waals surface area (Å²) in [5.74, 6) is 0.0899. The minimum atomic E-state index is -0.357. The van der Waals surface area contributed by atoms with E-state index >= 15 is 0 Å². The Morgan fingerprint density at radius 2 is 2.11 bits per heavy atom. The molecule has 0 aliphatic carbocycles. The molecule has 1 amide bonds. The predicted octanol–water partition coefficient (Wildman–Crippen LogP) is 0.927. The second-order valence-electron chi connectivity index (χ2n) is 3.85. The zero-order valence-electron chi connectivity index (χ0n) is 9.93. The number of carbonyl (C=O) groups is 1. The second kappa shape index (κ2) is 5.39. The molecule has 2 aromatic rings. The zero-order valence-corrected chi connectivity index (χ0v) is 9.93. The van der Waals surface area contributed by atoms with Gasteiger partial charge in [0.2, 0.25) is 0 Å². The fourth-order valence-electron chi connectivity index (χ4n) is 1.49. The Balaban J connectivity index is 1.83. The molecule has 0 unspecified atom stereocenters. The lowest BCUT2D eigenvalue weighted by molar-refractivity contribution is 0.0954. The average Bonchev–Trinajstić information content (AvgIpc) is 2.76. The first-order valence-corrected chi connectivity index (χ1v) is 5.53. The third kappa shape index (κ3) is 3.13. The second-order valence-corrected chi connectivity index (χ2v) is 3.85. The Hall–Kier alpha value is -2.24. The Bertz CT molecular complexity index is 535. The van der Waals surface area contributed by atoms with Gasteiger partial charge in [0, 0.05) is 25.6 Å². The molecule has 5 nitrogen and oxygen atoms in total. The number of hydrogen-bond donors (Lipinski definition) is 1. The van der Waals surface area contributed by atoms with Crippen molar-refractivity contribution in [1.82, 2.24) is 20.1 Å². The molecule has 0 bridgehead atoms. The number of aromatic nitrogens is 3. The van der Waals surface area contributed by atoms with Gasteiger partial charge in [-0.2, -0.15) is 5.10 Å². The first kappa shape index (κ1) is 12.2. The lowest BCUT2D eigenvalue weighted by Crippen LogP contribution is -2.25. The third-order valence-electron chi connectivity index (χ3n) is 2.39. The molecular formula is C12H13FN4O. The highest BCUT2D eigenvalue weighted by atomic mass is 19.1. The molecule has 1 aromatic carbocycles. The molecule has 6 heteroatoms. The van der Waals surface area contributed by atoms with E-state index in [0.29, 0.717) is 24.4 Å². The van der Waals surface area contributed by atoms with E-state index in [-0.39, 0.29) is 11.7 Å². The van der Waals surface area contributed by atoms with Gasteiger partial charge in [0.1, 0.15) is 12.1 Å². The highest BCUT2D eigenvalue weighted by molar-refractivity contribution is 5.94. The fourth-order valence-corrected chi connectivity index (χ4v) is 1.49. The van der Waals surface area contributed by atoms with Crippen molar-refractivity contribution in [3.8, 4) is 0 Å². The van der Waals surface area contributed by atoms with Crippen molar-refractivity contribution in [3.05, 3.63) is 47.8 Å². The lowest BCUT2D eigenvalue weighted by Gasteiger charge is -2.03. The summed E-state index contributed by atoms with van der Waals surface area (Å²) in [6, 6.07) is 5.41. The number of halogens is 1. The van der Waals surface area contributed by atoms with Crippen LogP contribution in [0, 0.1) is 5.82 Å². The van der Waals surface area contributed by atoms with E-state index in [1.54, 1.807) is 18.1 Å². The molecule has 18 heavy (non-hydrogen) atoms. The Labute approximate surface area is 104 Å². The summed E-state index contributed by atoms with van der Waals surface area (Å²) < 4.78 is 14.3. The number of carbonyl (C=O) groups excluding carboxylic acids is 1. The van der Waals surface area contributed by atoms with Crippen LogP contribution in [0.2, 0.25) is 0 Å². The van der Waals surface area contributed by atoms with Crippen molar-refractivity contribution < 1.29 is 9.18 Å². The first-order valence-electron chi connectivity index (χ1n) is 5.53. The molecule has 0 saturated carbocycles. The van der Waals surface area contributed by atoms with Crippen molar-refractivity contribution in [1.29, 1.82) is 0 Å². The number of nitrogens with one attached hydrogen (secondary N) is 1. The third-order valence-corrected chi connectivity index (χ3v) is 2.39. The standard InChI is InChI=1S/C12H13FN4O/c1-17-8-15-11(16-17)6-7-14-12(18)9-2-4-10(13)5-3-9/h2-5,8H,6-7H2,1H3,(H,14,18). The zero-order chi connectivity index (χ0) is 13.0. The summed E-state index contributed by atoms with van der Waals surface area (Å²) in [5, 5.41) is 6.82. The van der Waals surface area contributed by atoms with Crippen LogP contribution in [0.1, 0.15) is 16.2 Å². The minimum absolute atomic E-state index is 0.231. The molecule has 94 valence electrons. The first-order chi connectivity index (χ1) is 8.65. The van der Waals surface area contributed by atoms with E-state index < -0.39 is 0 Å². The van der Waals surface area contributed by atoms with Crippen LogP contribution in [0.3, 0.4) is 0 Å². The van der Waals surface area contributed by atoms with E-state index in [9.17, 15) is 9.18 Å². The van der Waals surface area contributed by atoms with Gasteiger partial charge >= 0.3 is 0 Å². The minimum Gasteiger partial charge on any atom is -0.352 e. The number of hydrogen-bond acceptors (Lipinski definition) is 3. The number of amides is 1. The van der Waals surface area contributed by atoms with E-state index in [4.69, 9.17) is 0 Å². The van der Waals surface area contributed by atoms with Crippen molar-refractivity contribution >= 4 is 5.91 Å². The number of rotatable bonds is 4. The van der Waals surface area contributed by atoms with Crippen molar-refractivity contribution in [3.63, 3.8) is 0 Å². The predicted molar refractivity (Wildman–Crippen MR) is 63.4 cm³/mol. The van der Waals surface area contributed by atoms with E-state index in [2.05, 4.69) is 15.4 Å². The highest BCUT2D eigenvalue weighted by Crippen LogP contribution is 2.02. The molecule has 1 aromatic heterocycles. The van der Waals surface area contributed by atoms with Crippen LogP contribution in [-0.2, 0) is 13.5 Å². The molecule has 0 radical (unpaired) electrons. The fraction of sp³-hybridized carbons (Fsp3) is 0.250. The molecule has 0 fully saturated rings. The molecule has 2 rings (SSSR count). The largest absolute Gasteiger partial charge is 0.352 e. The van der Waals surface area contributed by atoms with Gasteiger partial charge in [0.15, 0.2) is 5.82 Å². The van der Waals surface area contributed by atoms with Crippen LogP contribution in [0.4, 0.5) is 4.39 Å². The normalized spacial score (nSPS) is 10.3. The smallest absolute Gasteiger partial charge is 0.251 e. The number of aryl methyl sites for hydroxylation is 1. The van der Waals surface area contributed by atoms with E-state index in [0.717, 1.165) is 0 Å². The highest BCUT2D eigenvalue weighted by Gasteiger charge is 2.05. The number of nitrogens with zero attached hydrogens (tertiary/aromatic N) is 3. The quantitative estimate of drug-likeness (QED) is 0.875. The van der Waals surface area contributed by atoms with Crippen LogP contribution in [0.25, 0.3) is 0 Å². The van der Waals surface area contributed by atoms with E-state index in [1.165, 1.54) is 24.3 Å². The SMILES string of the molecule is Cn1cnc(CCNC(=O)c2ccc(F)cc2)n1. The summed E-state index contributed by atoms with van der Waals surface area (Å²) in [6.45, 7) is 0.445. The van der Waals surface area contributed by atoms with Crippen LogP contribution in [-0.4, -0.2) is 27.2 Å². The Morgan fingerprint density at radius 3 is 2.72 bits per heavy atom. The molecule has 0 aliphatic rings. The van der Waals surface area contributed by atoms with Gasteiger partial charge in [0.05, 0.1) is 0 Å². The van der Waals surface area contributed by atoms with Crippen molar-refractivity contribution in [2.45, 2.75) is 6.42 Å². The molecule has 0 atom stereocenters. The maximum absolute atomic E-state index is 12.7. The molecule has 0 aliphatic heterocycles. The maximum atomic E-state index is 12.7. The summed E-state index contributed by atoms with van der Waals surface area (Å²) in [4.78, 5) is 15.7. The van der Waals surface area contributed by atoms with Crippen molar-refractivity contribution in [2.24, 2.45) is 7.05 Å². The summed E-state index contributed by atoms with van der Waals surface area (Å²) in [6.07, 6.45) is 2.17. The maximum Gasteiger partial charge on any atom is 0.251 e. The Morgan fingerprint density at radius 1 is 1.39 bits per heavy atom. The van der Waals surface area contributed by atoms with Gasteiger partial charge in [-0.15, -0.1) is 0 Å². The average molecular weight is 248 g/mol.